The third-order valence-electron chi connectivity index (χ3n) is 3.65. The summed E-state index contributed by atoms with van der Waals surface area (Å²) >= 11 is 0. The monoisotopic (exact) mass is 291 g/mol. The fourth-order valence-corrected chi connectivity index (χ4v) is 2.56. The average Bonchev–Trinajstić information content (AvgIpc) is 2.84. The number of carboxylic acids is 1. The largest absolute Gasteiger partial charge is 0.481 e. The Morgan fingerprint density at radius 1 is 1.38 bits per heavy atom. The second-order valence-electron chi connectivity index (χ2n) is 5.48. The number of rotatable bonds is 5. The van der Waals surface area contributed by atoms with E-state index in [1.54, 1.807) is 24.3 Å². The third-order valence-corrected chi connectivity index (χ3v) is 3.65. The van der Waals surface area contributed by atoms with Gasteiger partial charge in [0.25, 0.3) is 0 Å². The van der Waals surface area contributed by atoms with Gasteiger partial charge in [-0.1, -0.05) is 18.2 Å². The molecule has 0 aromatic heterocycles. The number of aliphatic carboxylic acids is 1. The van der Waals surface area contributed by atoms with Crippen molar-refractivity contribution in [3.8, 4) is 0 Å². The van der Waals surface area contributed by atoms with Crippen molar-refractivity contribution in [2.24, 2.45) is 5.92 Å². The molecule has 21 heavy (non-hydrogen) atoms. The van der Waals surface area contributed by atoms with Gasteiger partial charge in [0.2, 0.25) is 0 Å². The van der Waals surface area contributed by atoms with Crippen molar-refractivity contribution in [3.63, 3.8) is 0 Å². The first-order chi connectivity index (χ1) is 10.0. The molecule has 3 N–H and O–H groups in total. The average molecular weight is 291 g/mol. The number of hydrogen-bond donors (Lipinski definition) is 3. The molecule has 6 nitrogen and oxygen atoms in total. The molecule has 1 aromatic carbocycles. The van der Waals surface area contributed by atoms with Gasteiger partial charge in [0.1, 0.15) is 0 Å². The molecule has 1 aliphatic rings. The van der Waals surface area contributed by atoms with Gasteiger partial charge in [-0.3, -0.25) is 4.79 Å². The van der Waals surface area contributed by atoms with E-state index in [1.165, 1.54) is 0 Å². The Labute approximate surface area is 124 Å². The lowest BCUT2D eigenvalue weighted by Crippen LogP contribution is -2.34. The highest BCUT2D eigenvalue weighted by Gasteiger charge is 2.19. The summed E-state index contributed by atoms with van der Waals surface area (Å²) in [7, 11) is 2.07. The molecule has 1 fully saturated rings. The van der Waals surface area contributed by atoms with E-state index in [0.717, 1.165) is 19.5 Å². The molecule has 2 amide bonds. The molecule has 1 atom stereocenters. The Morgan fingerprint density at radius 3 is 2.81 bits per heavy atom. The summed E-state index contributed by atoms with van der Waals surface area (Å²) in [6.45, 7) is 2.70. The van der Waals surface area contributed by atoms with E-state index < -0.39 is 5.97 Å². The van der Waals surface area contributed by atoms with Crippen molar-refractivity contribution < 1.29 is 14.7 Å². The van der Waals surface area contributed by atoms with Crippen LogP contribution in [0, 0.1) is 5.92 Å². The zero-order chi connectivity index (χ0) is 15.2. The van der Waals surface area contributed by atoms with Crippen LogP contribution in [0.3, 0.4) is 0 Å². The molecule has 1 heterocycles. The van der Waals surface area contributed by atoms with Crippen LogP contribution in [0.2, 0.25) is 0 Å². The highest BCUT2D eigenvalue weighted by atomic mass is 16.4. The second kappa shape index (κ2) is 7.08. The van der Waals surface area contributed by atoms with Gasteiger partial charge in [-0.05, 0) is 37.6 Å². The Balaban J connectivity index is 1.86. The predicted octanol–water partition coefficient (Wildman–Crippen LogP) is 1.39. The molecular weight excluding hydrogens is 270 g/mol. The quantitative estimate of drug-likeness (QED) is 0.765. The van der Waals surface area contributed by atoms with Crippen molar-refractivity contribution in [3.05, 3.63) is 29.8 Å². The van der Waals surface area contributed by atoms with E-state index in [9.17, 15) is 9.59 Å². The van der Waals surface area contributed by atoms with Gasteiger partial charge in [-0.15, -0.1) is 0 Å². The van der Waals surface area contributed by atoms with Crippen LogP contribution in [0.4, 0.5) is 10.5 Å². The van der Waals surface area contributed by atoms with Gasteiger partial charge < -0.3 is 20.6 Å². The summed E-state index contributed by atoms with van der Waals surface area (Å²) in [5.74, 6) is -0.436. The van der Waals surface area contributed by atoms with E-state index in [2.05, 4.69) is 22.6 Å². The fourth-order valence-electron chi connectivity index (χ4n) is 2.56. The Kier molecular flexibility index (Phi) is 5.16. The smallest absolute Gasteiger partial charge is 0.319 e. The number of urea groups is 1. The van der Waals surface area contributed by atoms with Crippen molar-refractivity contribution in [2.45, 2.75) is 12.8 Å². The molecule has 0 spiro atoms. The maximum absolute atomic E-state index is 11.9. The minimum absolute atomic E-state index is 0.107. The van der Waals surface area contributed by atoms with Gasteiger partial charge in [0, 0.05) is 18.8 Å². The van der Waals surface area contributed by atoms with Gasteiger partial charge in [0.15, 0.2) is 0 Å². The predicted molar refractivity (Wildman–Crippen MR) is 80.4 cm³/mol. The van der Waals surface area contributed by atoms with Gasteiger partial charge in [0.05, 0.1) is 6.42 Å². The number of carbonyl (C=O) groups is 2. The van der Waals surface area contributed by atoms with Crippen LogP contribution >= 0.6 is 0 Å². The van der Waals surface area contributed by atoms with E-state index in [1.807, 2.05) is 0 Å². The lowest BCUT2D eigenvalue weighted by atomic mass is 10.1. The molecule has 6 heteroatoms. The first-order valence-electron chi connectivity index (χ1n) is 7.07. The molecule has 1 aromatic rings. The van der Waals surface area contributed by atoms with Crippen LogP contribution in [0.15, 0.2) is 24.3 Å². The summed E-state index contributed by atoms with van der Waals surface area (Å²) in [5, 5.41) is 14.4. The third kappa shape index (κ3) is 4.75. The molecule has 0 bridgehead atoms. The van der Waals surface area contributed by atoms with Gasteiger partial charge >= 0.3 is 12.0 Å². The Hall–Kier alpha value is -2.08. The van der Waals surface area contributed by atoms with Crippen LogP contribution in [-0.4, -0.2) is 48.7 Å². The molecule has 1 aliphatic heterocycles. The normalized spacial score (nSPS) is 18.4. The van der Waals surface area contributed by atoms with E-state index >= 15 is 0 Å². The number of carboxylic acid groups (broad SMARTS) is 1. The molecule has 1 saturated heterocycles. The van der Waals surface area contributed by atoms with Crippen molar-refractivity contribution >= 4 is 17.7 Å². The van der Waals surface area contributed by atoms with Crippen molar-refractivity contribution in [2.75, 3.05) is 32.0 Å². The summed E-state index contributed by atoms with van der Waals surface area (Å²) in [5.41, 5.74) is 1.14. The summed E-state index contributed by atoms with van der Waals surface area (Å²) in [6, 6.07) is 6.65. The number of hydrogen-bond acceptors (Lipinski definition) is 3. The van der Waals surface area contributed by atoms with Crippen LogP contribution in [0.25, 0.3) is 0 Å². The zero-order valence-corrected chi connectivity index (χ0v) is 12.1. The van der Waals surface area contributed by atoms with Crippen LogP contribution < -0.4 is 10.6 Å². The lowest BCUT2D eigenvalue weighted by Gasteiger charge is -2.14. The number of likely N-dealkylation sites (tertiary alicyclic amines) is 1. The highest BCUT2D eigenvalue weighted by Crippen LogP contribution is 2.16. The van der Waals surface area contributed by atoms with Crippen molar-refractivity contribution in [1.82, 2.24) is 10.2 Å². The van der Waals surface area contributed by atoms with Crippen LogP contribution in [-0.2, 0) is 11.2 Å². The number of benzene rings is 1. The van der Waals surface area contributed by atoms with E-state index in [0.29, 0.717) is 23.7 Å². The Bertz CT molecular complexity index is 519. The molecule has 2 rings (SSSR count). The molecule has 114 valence electrons. The standard InChI is InChI=1S/C15H21N3O3/c1-18-7-6-11(10-18)9-16-15(21)17-13-5-3-2-4-12(13)8-14(19)20/h2-5,11H,6-10H2,1H3,(H,19,20)(H2,16,17,21). The molecule has 1 unspecified atom stereocenters. The van der Waals surface area contributed by atoms with Gasteiger partial charge in [-0.2, -0.15) is 0 Å². The maximum atomic E-state index is 11.9. The SMILES string of the molecule is CN1CCC(CNC(=O)Nc2ccccc2CC(=O)O)C1. The van der Waals surface area contributed by atoms with Crippen LogP contribution in [0.1, 0.15) is 12.0 Å². The van der Waals surface area contributed by atoms with Crippen LogP contribution in [0.5, 0.6) is 0 Å². The second-order valence-corrected chi connectivity index (χ2v) is 5.48. The number of carbonyl (C=O) groups excluding carboxylic acids is 1. The first-order valence-corrected chi connectivity index (χ1v) is 7.07. The lowest BCUT2D eigenvalue weighted by molar-refractivity contribution is -0.136. The molecule has 0 saturated carbocycles. The van der Waals surface area contributed by atoms with E-state index in [4.69, 9.17) is 5.11 Å². The Morgan fingerprint density at radius 2 is 2.14 bits per heavy atom. The van der Waals surface area contributed by atoms with Crippen molar-refractivity contribution in [1.29, 1.82) is 0 Å². The van der Waals surface area contributed by atoms with E-state index in [-0.39, 0.29) is 12.5 Å². The minimum atomic E-state index is -0.918. The first kappa shape index (κ1) is 15.3. The highest BCUT2D eigenvalue weighted by molar-refractivity contribution is 5.90. The molecular formula is C15H21N3O3. The summed E-state index contributed by atoms with van der Waals surface area (Å²) in [6.07, 6.45) is 0.982. The summed E-state index contributed by atoms with van der Waals surface area (Å²) < 4.78 is 0. The number of amides is 2. The van der Waals surface area contributed by atoms with Gasteiger partial charge in [-0.25, -0.2) is 4.79 Å². The number of nitrogens with zero attached hydrogens (tertiary/aromatic N) is 1. The number of nitrogens with one attached hydrogen (secondary N) is 2. The maximum Gasteiger partial charge on any atom is 0.319 e. The number of para-hydroxylation sites is 1. The minimum Gasteiger partial charge on any atom is -0.481 e. The zero-order valence-electron chi connectivity index (χ0n) is 12.1. The molecule has 0 aliphatic carbocycles. The topological polar surface area (TPSA) is 81.7 Å². The fraction of sp³-hybridized carbons (Fsp3) is 0.467. The summed E-state index contributed by atoms with van der Waals surface area (Å²) in [4.78, 5) is 25.0. The number of anilines is 1. The molecule has 0 radical (unpaired) electrons.